The molecule has 0 aromatic heterocycles. The Bertz CT molecular complexity index is 477. The molecule has 0 radical (unpaired) electrons. The fraction of sp³-hybridized carbons (Fsp3) is 0.562. The first kappa shape index (κ1) is 12.7. The van der Waals surface area contributed by atoms with E-state index in [1.54, 1.807) is 0 Å². The number of hydrogen-bond donors (Lipinski definition) is 1. The van der Waals surface area contributed by atoms with E-state index in [2.05, 4.69) is 30.4 Å². The van der Waals surface area contributed by atoms with Crippen molar-refractivity contribution < 1.29 is 4.79 Å². The summed E-state index contributed by atoms with van der Waals surface area (Å²) < 4.78 is 0. The van der Waals surface area contributed by atoms with Crippen LogP contribution in [0, 0.1) is 0 Å². The Morgan fingerprint density at radius 2 is 2.11 bits per heavy atom. The molecule has 102 valence electrons. The molecule has 3 rings (SSSR count). The molecule has 0 saturated carbocycles. The number of rotatable bonds is 1. The van der Waals surface area contributed by atoms with Gasteiger partial charge in [0.05, 0.1) is 5.54 Å². The van der Waals surface area contributed by atoms with Gasteiger partial charge in [-0.1, -0.05) is 18.2 Å². The van der Waals surface area contributed by atoms with Gasteiger partial charge in [0.1, 0.15) is 0 Å². The fourth-order valence-corrected chi connectivity index (χ4v) is 3.28. The van der Waals surface area contributed by atoms with Crippen molar-refractivity contribution in [1.82, 2.24) is 5.32 Å². The van der Waals surface area contributed by atoms with Gasteiger partial charge in [0, 0.05) is 12.2 Å². The Morgan fingerprint density at radius 3 is 2.89 bits per heavy atom. The summed E-state index contributed by atoms with van der Waals surface area (Å²) in [4.78, 5) is 14.9. The van der Waals surface area contributed by atoms with Crippen molar-refractivity contribution in [3.8, 4) is 0 Å². The summed E-state index contributed by atoms with van der Waals surface area (Å²) in [6, 6.07) is 8.32. The van der Waals surface area contributed by atoms with Gasteiger partial charge in [-0.05, 0) is 57.2 Å². The van der Waals surface area contributed by atoms with Crippen molar-refractivity contribution in [3.63, 3.8) is 0 Å². The highest BCUT2D eigenvalue weighted by Crippen LogP contribution is 2.30. The molecule has 2 aliphatic heterocycles. The molecule has 19 heavy (non-hydrogen) atoms. The minimum Gasteiger partial charge on any atom is -0.311 e. The maximum Gasteiger partial charge on any atom is 0.247 e. The van der Waals surface area contributed by atoms with Gasteiger partial charge in [-0.25, -0.2) is 0 Å². The molecule has 3 nitrogen and oxygen atoms in total. The number of anilines is 1. The molecule has 0 spiro atoms. The number of carbonyl (C=O) groups excluding carboxylic acids is 1. The summed E-state index contributed by atoms with van der Waals surface area (Å²) in [5.41, 5.74) is 2.05. The highest BCUT2D eigenvalue weighted by molar-refractivity contribution is 6.01. The Morgan fingerprint density at radius 1 is 1.26 bits per heavy atom. The topological polar surface area (TPSA) is 32.3 Å². The molecule has 0 bridgehead atoms. The van der Waals surface area contributed by atoms with Crippen LogP contribution in [0.1, 0.15) is 38.2 Å². The molecule has 2 aliphatic rings. The van der Waals surface area contributed by atoms with E-state index in [1.165, 1.54) is 12.0 Å². The Kier molecular flexibility index (Phi) is 3.31. The smallest absolute Gasteiger partial charge is 0.247 e. The minimum atomic E-state index is -0.372. The maximum atomic E-state index is 12.9. The average Bonchev–Trinajstić information content (AvgIpc) is 2.47. The monoisotopic (exact) mass is 258 g/mol. The second-order valence-corrected chi connectivity index (χ2v) is 5.91. The maximum absolute atomic E-state index is 12.9. The number of amides is 1. The zero-order valence-electron chi connectivity index (χ0n) is 11.6. The quantitative estimate of drug-likeness (QED) is 0.839. The van der Waals surface area contributed by atoms with Gasteiger partial charge < -0.3 is 10.2 Å². The van der Waals surface area contributed by atoms with E-state index in [1.807, 2.05) is 11.0 Å². The summed E-state index contributed by atoms with van der Waals surface area (Å²) in [5, 5.41) is 3.43. The Hall–Kier alpha value is -1.35. The first-order valence-electron chi connectivity index (χ1n) is 7.36. The molecule has 1 saturated heterocycles. The summed E-state index contributed by atoms with van der Waals surface area (Å²) in [7, 11) is 0. The third-order valence-corrected chi connectivity index (χ3v) is 4.45. The molecule has 1 atom stereocenters. The van der Waals surface area contributed by atoms with Crippen LogP contribution in [0.25, 0.3) is 0 Å². The molecule has 1 aromatic carbocycles. The second kappa shape index (κ2) is 4.97. The molecule has 0 aliphatic carbocycles. The minimum absolute atomic E-state index is 0.249. The van der Waals surface area contributed by atoms with E-state index < -0.39 is 0 Å². The number of para-hydroxylation sites is 1. The number of benzene rings is 1. The third-order valence-electron chi connectivity index (χ3n) is 4.45. The first-order chi connectivity index (χ1) is 9.21. The van der Waals surface area contributed by atoms with Crippen LogP contribution in [0.3, 0.4) is 0 Å². The van der Waals surface area contributed by atoms with Crippen LogP contribution in [0.15, 0.2) is 24.3 Å². The number of nitrogens with one attached hydrogen (secondary N) is 1. The van der Waals surface area contributed by atoms with Gasteiger partial charge in [-0.3, -0.25) is 4.79 Å². The number of aryl methyl sites for hydroxylation is 1. The predicted octanol–water partition coefficient (Wildman–Crippen LogP) is 2.50. The average molecular weight is 258 g/mol. The lowest BCUT2D eigenvalue weighted by Gasteiger charge is -2.40. The number of fused-ring (bicyclic) bond motifs is 1. The van der Waals surface area contributed by atoms with Crippen LogP contribution in [0.5, 0.6) is 0 Å². The largest absolute Gasteiger partial charge is 0.311 e. The summed E-state index contributed by atoms with van der Waals surface area (Å²) in [6.45, 7) is 3.87. The molecule has 3 heteroatoms. The lowest BCUT2D eigenvalue weighted by Crippen LogP contribution is -2.58. The normalized spacial score (nSPS) is 26.9. The second-order valence-electron chi connectivity index (χ2n) is 5.91. The predicted molar refractivity (Wildman–Crippen MR) is 77.4 cm³/mol. The molecule has 1 N–H and O–H groups in total. The van der Waals surface area contributed by atoms with Crippen LogP contribution in [0.2, 0.25) is 0 Å². The van der Waals surface area contributed by atoms with Gasteiger partial charge >= 0.3 is 0 Å². The number of piperidine rings is 1. The van der Waals surface area contributed by atoms with Crippen LogP contribution in [-0.2, 0) is 11.2 Å². The molecule has 1 fully saturated rings. The highest BCUT2D eigenvalue weighted by Gasteiger charge is 2.38. The molecule has 1 unspecified atom stereocenters. The highest BCUT2D eigenvalue weighted by atomic mass is 16.2. The van der Waals surface area contributed by atoms with Crippen molar-refractivity contribution in [1.29, 1.82) is 0 Å². The van der Waals surface area contributed by atoms with Crippen molar-refractivity contribution in [2.24, 2.45) is 0 Å². The Balaban J connectivity index is 1.88. The van der Waals surface area contributed by atoms with E-state index in [4.69, 9.17) is 0 Å². The zero-order valence-corrected chi connectivity index (χ0v) is 11.6. The van der Waals surface area contributed by atoms with Gasteiger partial charge in [0.2, 0.25) is 5.91 Å². The summed E-state index contributed by atoms with van der Waals surface area (Å²) >= 11 is 0. The number of nitrogens with zero attached hydrogens (tertiary/aromatic N) is 1. The Labute approximate surface area is 115 Å². The van der Waals surface area contributed by atoms with E-state index in [0.717, 1.165) is 44.5 Å². The van der Waals surface area contributed by atoms with Gasteiger partial charge in [-0.2, -0.15) is 0 Å². The van der Waals surface area contributed by atoms with Crippen molar-refractivity contribution in [2.45, 2.75) is 44.6 Å². The van der Waals surface area contributed by atoms with E-state index >= 15 is 0 Å². The molecule has 2 heterocycles. The van der Waals surface area contributed by atoms with Crippen molar-refractivity contribution in [3.05, 3.63) is 29.8 Å². The van der Waals surface area contributed by atoms with Gasteiger partial charge in [0.25, 0.3) is 0 Å². The van der Waals surface area contributed by atoms with Crippen molar-refractivity contribution in [2.75, 3.05) is 18.0 Å². The van der Waals surface area contributed by atoms with Crippen LogP contribution < -0.4 is 10.2 Å². The fourth-order valence-electron chi connectivity index (χ4n) is 3.28. The summed E-state index contributed by atoms with van der Waals surface area (Å²) in [6.07, 6.45) is 5.43. The zero-order chi connectivity index (χ0) is 13.3. The standard InChI is InChI=1S/C16H22N2O/c1-16(10-4-5-11-17-16)15(19)18-12-6-8-13-7-2-3-9-14(13)18/h2-3,7,9,17H,4-6,8,10-12H2,1H3. The SMILES string of the molecule is CC1(C(=O)N2CCCc3ccccc32)CCCCN1. The van der Waals surface area contributed by atoms with Gasteiger partial charge in [-0.15, -0.1) is 0 Å². The number of carbonyl (C=O) groups is 1. The summed E-state index contributed by atoms with van der Waals surface area (Å²) in [5.74, 6) is 0.249. The van der Waals surface area contributed by atoms with Crippen molar-refractivity contribution >= 4 is 11.6 Å². The van der Waals surface area contributed by atoms with Crippen LogP contribution in [0.4, 0.5) is 5.69 Å². The van der Waals surface area contributed by atoms with Crippen LogP contribution >= 0.6 is 0 Å². The third kappa shape index (κ3) is 2.27. The van der Waals surface area contributed by atoms with E-state index in [-0.39, 0.29) is 11.4 Å². The van der Waals surface area contributed by atoms with Gasteiger partial charge in [0.15, 0.2) is 0 Å². The number of hydrogen-bond acceptors (Lipinski definition) is 2. The molecule has 1 aromatic rings. The lowest BCUT2D eigenvalue weighted by atomic mass is 9.88. The molecular formula is C16H22N2O. The lowest BCUT2D eigenvalue weighted by molar-refractivity contribution is -0.125. The molecular weight excluding hydrogens is 236 g/mol. The van der Waals surface area contributed by atoms with E-state index in [0.29, 0.717) is 0 Å². The molecule has 1 amide bonds. The van der Waals surface area contributed by atoms with E-state index in [9.17, 15) is 4.79 Å². The first-order valence-corrected chi connectivity index (χ1v) is 7.36. The van der Waals surface area contributed by atoms with Crippen LogP contribution in [-0.4, -0.2) is 24.5 Å².